The summed E-state index contributed by atoms with van der Waals surface area (Å²) in [6.45, 7) is 2.05. The first-order chi connectivity index (χ1) is 13.6. The maximum Gasteiger partial charge on any atom is 0.186 e. The Kier molecular flexibility index (Phi) is 4.81. The number of carbonyl (C=O) groups excluding carboxylic acids is 1. The lowest BCUT2D eigenvalue weighted by molar-refractivity contribution is 0.104. The van der Waals surface area contributed by atoms with Gasteiger partial charge in [-0.3, -0.25) is 4.79 Å². The summed E-state index contributed by atoms with van der Waals surface area (Å²) in [5.41, 5.74) is 4.51. The number of aryl methyl sites for hydroxylation is 1. The number of methoxy groups -OCH3 is 1. The Bertz CT molecular complexity index is 1070. The third-order valence-electron chi connectivity index (χ3n) is 4.70. The van der Waals surface area contributed by atoms with Crippen LogP contribution in [0.2, 0.25) is 0 Å². The predicted octanol–water partition coefficient (Wildman–Crippen LogP) is 5.70. The first kappa shape index (κ1) is 17.8. The lowest BCUT2D eigenvalue weighted by Crippen LogP contribution is -2.05. The van der Waals surface area contributed by atoms with E-state index in [1.807, 2.05) is 61.5 Å². The van der Waals surface area contributed by atoms with Crippen LogP contribution in [0.25, 0.3) is 11.3 Å². The number of hydrogen-bond acceptors (Lipinski definition) is 3. The molecule has 4 rings (SSSR count). The maximum absolute atomic E-state index is 12.8. The molecule has 0 atom stereocenters. The van der Waals surface area contributed by atoms with Gasteiger partial charge in [-0.05, 0) is 55.0 Å². The smallest absolute Gasteiger partial charge is 0.186 e. The van der Waals surface area contributed by atoms with Crippen molar-refractivity contribution in [1.82, 2.24) is 0 Å². The van der Waals surface area contributed by atoms with Crippen LogP contribution in [0.1, 0.15) is 27.0 Å². The Morgan fingerprint density at radius 2 is 1.64 bits per heavy atom. The normalized spacial score (nSPS) is 14.1. The molecule has 0 spiro atoms. The van der Waals surface area contributed by atoms with Crippen molar-refractivity contribution in [2.24, 2.45) is 0 Å². The van der Waals surface area contributed by atoms with Crippen LogP contribution in [0.5, 0.6) is 11.5 Å². The number of hydrogen-bond donors (Lipinski definition) is 0. The zero-order chi connectivity index (χ0) is 19.5. The van der Waals surface area contributed by atoms with Gasteiger partial charge in [-0.15, -0.1) is 0 Å². The van der Waals surface area contributed by atoms with Crippen LogP contribution in [0, 0.1) is 6.92 Å². The predicted molar refractivity (Wildman–Crippen MR) is 112 cm³/mol. The van der Waals surface area contributed by atoms with Gasteiger partial charge in [-0.1, -0.05) is 48.0 Å². The van der Waals surface area contributed by atoms with Crippen LogP contribution in [0.4, 0.5) is 0 Å². The average molecular weight is 368 g/mol. The van der Waals surface area contributed by atoms with E-state index in [0.717, 1.165) is 34.0 Å². The highest BCUT2D eigenvalue weighted by Crippen LogP contribution is 2.37. The number of benzene rings is 3. The molecule has 1 heterocycles. The van der Waals surface area contributed by atoms with Crippen LogP contribution < -0.4 is 9.47 Å². The van der Waals surface area contributed by atoms with Gasteiger partial charge in [0, 0.05) is 16.7 Å². The van der Waals surface area contributed by atoms with Gasteiger partial charge in [-0.25, -0.2) is 0 Å². The minimum Gasteiger partial charge on any atom is -0.497 e. The van der Waals surface area contributed by atoms with E-state index in [1.54, 1.807) is 37.5 Å². The standard InChI is InChI=1S/C25H20O3/c1-17-7-9-19(10-8-17)25-16-20(22-5-3-4-6-24(22)28-25)15-23(26)18-11-13-21(27-2)14-12-18/h3-16H,1-2H3/b20-15+. The molecule has 1 aliphatic rings. The number of ketones is 1. The summed E-state index contributed by atoms with van der Waals surface area (Å²) < 4.78 is 11.3. The van der Waals surface area contributed by atoms with Crippen molar-refractivity contribution in [3.63, 3.8) is 0 Å². The van der Waals surface area contributed by atoms with E-state index in [0.29, 0.717) is 5.56 Å². The molecule has 0 aromatic heterocycles. The maximum atomic E-state index is 12.8. The lowest BCUT2D eigenvalue weighted by atomic mass is 9.97. The van der Waals surface area contributed by atoms with Gasteiger partial charge in [0.25, 0.3) is 0 Å². The molecular weight excluding hydrogens is 348 g/mol. The van der Waals surface area contributed by atoms with E-state index in [-0.39, 0.29) is 5.78 Å². The van der Waals surface area contributed by atoms with E-state index in [1.165, 1.54) is 5.56 Å². The first-order valence-electron chi connectivity index (χ1n) is 9.10. The van der Waals surface area contributed by atoms with Crippen molar-refractivity contribution in [3.8, 4) is 11.5 Å². The largest absolute Gasteiger partial charge is 0.497 e. The van der Waals surface area contributed by atoms with Gasteiger partial charge in [0.15, 0.2) is 5.78 Å². The number of para-hydroxylation sites is 1. The number of rotatable bonds is 4. The van der Waals surface area contributed by atoms with Crippen molar-refractivity contribution >= 4 is 17.1 Å². The van der Waals surface area contributed by atoms with Crippen molar-refractivity contribution in [1.29, 1.82) is 0 Å². The molecule has 28 heavy (non-hydrogen) atoms. The van der Waals surface area contributed by atoms with E-state index < -0.39 is 0 Å². The Labute approximate surface area is 164 Å². The molecule has 0 unspecified atom stereocenters. The SMILES string of the molecule is COc1ccc(C(=O)/C=C2\C=C(c3ccc(C)cc3)Oc3ccccc32)cc1. The summed E-state index contributed by atoms with van der Waals surface area (Å²) in [5, 5.41) is 0. The zero-order valence-electron chi connectivity index (χ0n) is 15.8. The van der Waals surface area contributed by atoms with Crippen molar-refractivity contribution in [2.75, 3.05) is 7.11 Å². The number of fused-ring (bicyclic) bond motifs is 1. The van der Waals surface area contributed by atoms with E-state index in [4.69, 9.17) is 9.47 Å². The molecule has 0 aliphatic carbocycles. The summed E-state index contributed by atoms with van der Waals surface area (Å²) in [5.74, 6) is 2.14. The van der Waals surface area contributed by atoms with E-state index in [9.17, 15) is 4.79 Å². The molecule has 3 aromatic rings. The zero-order valence-corrected chi connectivity index (χ0v) is 15.8. The molecule has 0 saturated carbocycles. The second-order valence-electron chi connectivity index (χ2n) is 6.67. The fourth-order valence-corrected chi connectivity index (χ4v) is 3.12. The minimum atomic E-state index is -0.0612. The second kappa shape index (κ2) is 7.57. The summed E-state index contributed by atoms with van der Waals surface area (Å²) >= 11 is 0. The molecule has 138 valence electrons. The molecule has 0 bridgehead atoms. The highest BCUT2D eigenvalue weighted by atomic mass is 16.5. The third-order valence-corrected chi connectivity index (χ3v) is 4.70. The molecule has 0 radical (unpaired) electrons. The van der Waals surface area contributed by atoms with Crippen LogP contribution >= 0.6 is 0 Å². The van der Waals surface area contributed by atoms with Crippen molar-refractivity contribution in [3.05, 3.63) is 107 Å². The lowest BCUT2D eigenvalue weighted by Gasteiger charge is -2.20. The molecule has 0 amide bonds. The van der Waals surface area contributed by atoms with Crippen molar-refractivity contribution in [2.45, 2.75) is 6.92 Å². The Balaban J connectivity index is 1.74. The van der Waals surface area contributed by atoms with Crippen LogP contribution in [0.15, 0.2) is 84.9 Å². The van der Waals surface area contributed by atoms with Gasteiger partial charge in [0.2, 0.25) is 0 Å². The Morgan fingerprint density at radius 1 is 0.929 bits per heavy atom. The average Bonchev–Trinajstić information content (AvgIpc) is 2.74. The molecule has 3 heteroatoms. The van der Waals surface area contributed by atoms with Gasteiger partial charge in [-0.2, -0.15) is 0 Å². The number of allylic oxidation sites excluding steroid dienone is 3. The van der Waals surface area contributed by atoms with Crippen LogP contribution in [-0.4, -0.2) is 12.9 Å². The summed E-state index contributed by atoms with van der Waals surface area (Å²) in [7, 11) is 1.61. The number of carbonyl (C=O) groups is 1. The molecule has 0 saturated heterocycles. The summed E-state index contributed by atoms with van der Waals surface area (Å²) in [6, 6.07) is 23.0. The highest BCUT2D eigenvalue weighted by Gasteiger charge is 2.18. The molecule has 3 aromatic carbocycles. The van der Waals surface area contributed by atoms with E-state index in [2.05, 4.69) is 0 Å². The third kappa shape index (κ3) is 3.60. The molecule has 3 nitrogen and oxygen atoms in total. The quantitative estimate of drug-likeness (QED) is 0.437. The number of ether oxygens (including phenoxy) is 2. The fraction of sp³-hybridized carbons (Fsp3) is 0.0800. The van der Waals surface area contributed by atoms with E-state index >= 15 is 0 Å². The van der Waals surface area contributed by atoms with Gasteiger partial charge in [0.05, 0.1) is 7.11 Å². The molecular formula is C25H20O3. The Hall–Kier alpha value is -3.59. The fourth-order valence-electron chi connectivity index (χ4n) is 3.12. The highest BCUT2D eigenvalue weighted by molar-refractivity contribution is 6.10. The first-order valence-corrected chi connectivity index (χ1v) is 9.10. The molecule has 1 aliphatic heterocycles. The summed E-state index contributed by atoms with van der Waals surface area (Å²) in [6.07, 6.45) is 3.59. The van der Waals surface area contributed by atoms with Crippen LogP contribution in [0.3, 0.4) is 0 Å². The minimum absolute atomic E-state index is 0.0612. The summed E-state index contributed by atoms with van der Waals surface area (Å²) in [4.78, 5) is 12.8. The topological polar surface area (TPSA) is 35.5 Å². The molecule has 0 fully saturated rings. The van der Waals surface area contributed by atoms with Gasteiger partial charge >= 0.3 is 0 Å². The van der Waals surface area contributed by atoms with Crippen molar-refractivity contribution < 1.29 is 14.3 Å². The van der Waals surface area contributed by atoms with Gasteiger partial charge in [0.1, 0.15) is 17.3 Å². The van der Waals surface area contributed by atoms with Crippen LogP contribution in [-0.2, 0) is 0 Å². The second-order valence-corrected chi connectivity index (χ2v) is 6.67. The Morgan fingerprint density at radius 3 is 2.36 bits per heavy atom. The monoisotopic (exact) mass is 368 g/mol. The molecule has 0 N–H and O–H groups in total. The van der Waals surface area contributed by atoms with Gasteiger partial charge < -0.3 is 9.47 Å².